The largest absolute Gasteiger partial charge is 0.490 e. The number of allylic oxidation sites excluding steroid dienone is 1. The highest BCUT2D eigenvalue weighted by Gasteiger charge is 2.39. The van der Waals surface area contributed by atoms with Gasteiger partial charge in [-0.2, -0.15) is 26.3 Å². The van der Waals surface area contributed by atoms with Crippen LogP contribution in [0, 0.1) is 0 Å². The quantitative estimate of drug-likeness (QED) is 0.182. The van der Waals surface area contributed by atoms with Crippen molar-refractivity contribution >= 4 is 57.3 Å². The fourth-order valence-corrected chi connectivity index (χ4v) is 5.30. The lowest BCUT2D eigenvalue weighted by molar-refractivity contribution is -0.193. The summed E-state index contributed by atoms with van der Waals surface area (Å²) in [6, 6.07) is 5.75. The number of rotatable bonds is 6. The number of alkyl halides is 6. The van der Waals surface area contributed by atoms with E-state index in [1.54, 1.807) is 31.0 Å². The molecule has 2 aliphatic rings. The highest BCUT2D eigenvalue weighted by molar-refractivity contribution is 7.99. The fourth-order valence-electron chi connectivity index (χ4n) is 4.13. The van der Waals surface area contributed by atoms with Gasteiger partial charge in [-0.25, -0.2) is 29.5 Å². The SMILES string of the molecule is CCC1=C(Cl)c2c(nc(Sc3cnc4nccnc4c3)nc2N2CC(Oc3cccnc3)C2)C1.O=C(O)C(F)(F)F.O=C(O)C(F)(F)F. The third kappa shape index (κ3) is 9.18. The summed E-state index contributed by atoms with van der Waals surface area (Å²) in [5, 5.41) is 15.7. The van der Waals surface area contributed by atoms with Gasteiger partial charge in [-0.05, 0) is 42.0 Å². The van der Waals surface area contributed by atoms with Gasteiger partial charge in [-0.1, -0.05) is 18.5 Å². The fraction of sp³-hybridized carbons (Fsp3) is 0.286. The molecule has 48 heavy (non-hydrogen) atoms. The van der Waals surface area contributed by atoms with Crippen molar-refractivity contribution in [3.63, 3.8) is 0 Å². The number of aliphatic carboxylic acids is 2. The molecule has 0 radical (unpaired) electrons. The van der Waals surface area contributed by atoms with E-state index in [0.717, 1.165) is 64.2 Å². The molecule has 4 aromatic rings. The number of carboxylic acids is 2. The summed E-state index contributed by atoms with van der Waals surface area (Å²) in [7, 11) is 0. The molecule has 4 aromatic heterocycles. The molecule has 1 aliphatic heterocycles. The van der Waals surface area contributed by atoms with Crippen molar-refractivity contribution in [2.24, 2.45) is 0 Å². The number of hydrogen-bond donors (Lipinski definition) is 2. The number of hydrogen-bond acceptors (Lipinski definition) is 11. The smallest absolute Gasteiger partial charge is 0.485 e. The minimum Gasteiger partial charge on any atom is -0.485 e. The number of fused-ring (bicyclic) bond motifs is 2. The van der Waals surface area contributed by atoms with E-state index in [1.165, 1.54) is 17.3 Å². The number of ether oxygens (including phenoxy) is 1. The molecule has 0 aromatic carbocycles. The molecule has 0 amide bonds. The molecule has 6 rings (SSSR count). The third-order valence-electron chi connectivity index (χ3n) is 6.36. The van der Waals surface area contributed by atoms with Crippen LogP contribution in [-0.2, 0) is 16.0 Å². The molecule has 0 bridgehead atoms. The van der Waals surface area contributed by atoms with Crippen molar-refractivity contribution in [2.45, 2.75) is 48.3 Å². The van der Waals surface area contributed by atoms with Crippen molar-refractivity contribution in [3.05, 3.63) is 66.0 Å². The second kappa shape index (κ2) is 15.0. The molecule has 5 heterocycles. The minimum absolute atomic E-state index is 0.0731. The van der Waals surface area contributed by atoms with Crippen LogP contribution in [-0.4, -0.2) is 83.6 Å². The maximum absolute atomic E-state index is 10.6. The van der Waals surface area contributed by atoms with Gasteiger partial charge in [0, 0.05) is 36.1 Å². The molecule has 2 N–H and O–H groups in total. The molecule has 0 spiro atoms. The second-order valence-corrected chi connectivity index (χ2v) is 11.1. The van der Waals surface area contributed by atoms with Crippen LogP contribution in [0.4, 0.5) is 32.2 Å². The van der Waals surface area contributed by atoms with E-state index in [4.69, 9.17) is 46.1 Å². The molecular formula is C28H22ClF6N7O5S. The van der Waals surface area contributed by atoms with Gasteiger partial charge in [-0.3, -0.25) is 9.97 Å². The van der Waals surface area contributed by atoms with Crippen LogP contribution in [0.3, 0.4) is 0 Å². The summed E-state index contributed by atoms with van der Waals surface area (Å²) in [4.78, 5) is 47.8. The van der Waals surface area contributed by atoms with Gasteiger partial charge in [-0.15, -0.1) is 0 Å². The Bertz CT molecular complexity index is 1800. The van der Waals surface area contributed by atoms with Crippen LogP contribution in [0.1, 0.15) is 24.6 Å². The molecule has 1 saturated heterocycles. The van der Waals surface area contributed by atoms with Gasteiger partial charge < -0.3 is 19.8 Å². The maximum atomic E-state index is 10.6. The Morgan fingerprint density at radius 2 is 1.65 bits per heavy atom. The predicted molar refractivity (Wildman–Crippen MR) is 159 cm³/mol. The van der Waals surface area contributed by atoms with Crippen LogP contribution >= 0.6 is 23.4 Å². The molecule has 0 atom stereocenters. The zero-order chi connectivity index (χ0) is 35.2. The number of anilines is 1. The Morgan fingerprint density at radius 3 is 2.23 bits per heavy atom. The molecular weight excluding hydrogens is 696 g/mol. The average molecular weight is 718 g/mol. The first-order valence-corrected chi connectivity index (χ1v) is 14.7. The summed E-state index contributed by atoms with van der Waals surface area (Å²) >= 11 is 8.25. The zero-order valence-corrected chi connectivity index (χ0v) is 25.9. The summed E-state index contributed by atoms with van der Waals surface area (Å²) in [6.07, 6.45) is 0.0890. The van der Waals surface area contributed by atoms with Gasteiger partial charge in [0.15, 0.2) is 10.8 Å². The van der Waals surface area contributed by atoms with Crippen LogP contribution in [0.5, 0.6) is 5.75 Å². The van der Waals surface area contributed by atoms with Crippen molar-refractivity contribution < 1.29 is 50.9 Å². The first kappa shape index (κ1) is 36.1. The lowest BCUT2D eigenvalue weighted by Crippen LogP contribution is -2.54. The monoisotopic (exact) mass is 717 g/mol. The van der Waals surface area contributed by atoms with Gasteiger partial charge >= 0.3 is 24.3 Å². The van der Waals surface area contributed by atoms with Crippen molar-refractivity contribution in [3.8, 4) is 5.75 Å². The summed E-state index contributed by atoms with van der Waals surface area (Å²) < 4.78 is 69.5. The van der Waals surface area contributed by atoms with E-state index in [2.05, 4.69) is 31.8 Å². The van der Waals surface area contributed by atoms with Crippen LogP contribution < -0.4 is 9.64 Å². The normalized spacial score (nSPS) is 14.3. The standard InChI is InChI=1S/C24H20ClN7OS.2C2HF3O2/c1-2-14-8-18-20(21(14)25)23(32-12-16(13-32)33-15-4-3-5-26-10-15)31-24(30-18)34-17-9-19-22(29-11-17)28-7-6-27-19;2*3-2(4,5)1(6)7/h3-7,9-11,16H,2,8,12-13H2,1H3;2*(H,6,7). The highest BCUT2D eigenvalue weighted by atomic mass is 35.5. The number of halogens is 7. The van der Waals surface area contributed by atoms with Crippen molar-refractivity contribution in [1.29, 1.82) is 0 Å². The van der Waals surface area contributed by atoms with Gasteiger partial charge in [0.25, 0.3) is 0 Å². The molecule has 0 unspecified atom stereocenters. The first-order valence-electron chi connectivity index (χ1n) is 13.5. The molecule has 0 saturated carbocycles. The molecule has 12 nitrogen and oxygen atoms in total. The molecule has 20 heteroatoms. The van der Waals surface area contributed by atoms with E-state index in [-0.39, 0.29) is 6.10 Å². The molecule has 1 aliphatic carbocycles. The first-order chi connectivity index (χ1) is 22.6. The van der Waals surface area contributed by atoms with Crippen LogP contribution in [0.25, 0.3) is 16.2 Å². The Balaban J connectivity index is 0.000000314. The van der Waals surface area contributed by atoms with Gasteiger partial charge in [0.05, 0.1) is 35.6 Å². The van der Waals surface area contributed by atoms with Gasteiger partial charge in [0.2, 0.25) is 0 Å². The number of nitrogens with zero attached hydrogens (tertiary/aromatic N) is 7. The zero-order valence-electron chi connectivity index (χ0n) is 24.3. The summed E-state index contributed by atoms with van der Waals surface area (Å²) in [6.45, 7) is 3.57. The van der Waals surface area contributed by atoms with E-state index < -0.39 is 24.3 Å². The Labute approximate surface area is 275 Å². The number of aromatic nitrogens is 6. The molecule has 1 fully saturated rings. The number of carboxylic acid groups (broad SMARTS) is 2. The topological polar surface area (TPSA) is 164 Å². The average Bonchev–Trinajstić information content (AvgIpc) is 3.33. The number of pyridine rings is 2. The van der Waals surface area contributed by atoms with E-state index in [1.807, 2.05) is 18.2 Å². The lowest BCUT2D eigenvalue weighted by atomic mass is 10.1. The minimum atomic E-state index is -5.08. The van der Waals surface area contributed by atoms with Crippen molar-refractivity contribution in [2.75, 3.05) is 18.0 Å². The second-order valence-electron chi connectivity index (χ2n) is 9.71. The molecule has 254 valence electrons. The van der Waals surface area contributed by atoms with Crippen molar-refractivity contribution in [1.82, 2.24) is 29.9 Å². The Kier molecular flexibility index (Phi) is 11.2. The maximum Gasteiger partial charge on any atom is 0.490 e. The summed E-state index contributed by atoms with van der Waals surface area (Å²) in [5.41, 5.74) is 4.47. The van der Waals surface area contributed by atoms with Gasteiger partial charge in [0.1, 0.15) is 23.2 Å². The van der Waals surface area contributed by atoms with E-state index >= 15 is 0 Å². The predicted octanol–water partition coefficient (Wildman–Crippen LogP) is 5.81. The highest BCUT2D eigenvalue weighted by Crippen LogP contribution is 2.43. The third-order valence-corrected chi connectivity index (χ3v) is 7.64. The van der Waals surface area contributed by atoms with E-state index in [0.29, 0.717) is 10.8 Å². The number of carbonyl (C=O) groups is 2. The Morgan fingerprint density at radius 1 is 1.00 bits per heavy atom. The van der Waals surface area contributed by atoms with Crippen LogP contribution in [0.2, 0.25) is 0 Å². The van der Waals surface area contributed by atoms with Crippen LogP contribution in [0.15, 0.2) is 64.8 Å². The lowest BCUT2D eigenvalue weighted by Gasteiger charge is -2.40. The summed E-state index contributed by atoms with van der Waals surface area (Å²) in [5.74, 6) is -3.88. The van der Waals surface area contributed by atoms with E-state index in [9.17, 15) is 26.3 Å². The Hall–Kier alpha value is -4.78.